The molecule has 0 bridgehead atoms. The third-order valence-corrected chi connectivity index (χ3v) is 5.01. The van der Waals surface area contributed by atoms with Crippen molar-refractivity contribution in [3.05, 3.63) is 50.1 Å². The number of carbonyl (C=O) groups is 1. The SMILES string of the molecule is COc1cc(/C=C2\Sc3ncccc3C2=O)c(I)cc1O. The quantitative estimate of drug-likeness (QED) is 0.603. The van der Waals surface area contributed by atoms with Gasteiger partial charge in [0, 0.05) is 9.77 Å². The predicted octanol–water partition coefficient (Wildman–Crippen LogP) is 3.73. The van der Waals surface area contributed by atoms with Crippen LogP contribution in [-0.2, 0) is 0 Å². The van der Waals surface area contributed by atoms with Crippen LogP contribution < -0.4 is 4.74 Å². The first kappa shape index (κ1) is 14.4. The maximum absolute atomic E-state index is 12.3. The summed E-state index contributed by atoms with van der Waals surface area (Å²) in [6.45, 7) is 0. The van der Waals surface area contributed by atoms with Crippen molar-refractivity contribution in [2.45, 2.75) is 5.03 Å². The summed E-state index contributed by atoms with van der Waals surface area (Å²) in [5.74, 6) is 0.443. The smallest absolute Gasteiger partial charge is 0.202 e. The molecule has 0 amide bonds. The number of ether oxygens (including phenoxy) is 1. The first-order chi connectivity index (χ1) is 10.1. The Bertz CT molecular complexity index is 774. The van der Waals surface area contributed by atoms with E-state index < -0.39 is 0 Å². The molecule has 2 heterocycles. The van der Waals surface area contributed by atoms with Gasteiger partial charge in [0.2, 0.25) is 5.78 Å². The normalized spacial score (nSPS) is 15.3. The van der Waals surface area contributed by atoms with E-state index in [9.17, 15) is 9.90 Å². The molecule has 6 heteroatoms. The minimum absolute atomic E-state index is 0.0223. The number of halogens is 1. The molecule has 0 saturated heterocycles. The molecule has 1 aromatic carbocycles. The van der Waals surface area contributed by atoms with Gasteiger partial charge in [0.05, 0.1) is 17.6 Å². The summed E-state index contributed by atoms with van der Waals surface area (Å²) in [5.41, 5.74) is 1.46. The zero-order valence-electron chi connectivity index (χ0n) is 11.0. The van der Waals surface area contributed by atoms with Gasteiger partial charge in [0.25, 0.3) is 0 Å². The summed E-state index contributed by atoms with van der Waals surface area (Å²) in [7, 11) is 1.49. The first-order valence-electron chi connectivity index (χ1n) is 6.06. The molecule has 0 radical (unpaired) electrons. The fourth-order valence-electron chi connectivity index (χ4n) is 2.00. The number of ketones is 1. The number of aromatic hydroxyl groups is 1. The first-order valence-corrected chi connectivity index (χ1v) is 7.95. The van der Waals surface area contributed by atoms with E-state index in [1.54, 1.807) is 36.5 Å². The Morgan fingerprint density at radius 3 is 2.95 bits per heavy atom. The lowest BCUT2D eigenvalue weighted by Gasteiger charge is -2.07. The number of methoxy groups -OCH3 is 1. The summed E-state index contributed by atoms with van der Waals surface area (Å²) < 4.78 is 5.95. The fourth-order valence-corrected chi connectivity index (χ4v) is 3.58. The zero-order chi connectivity index (χ0) is 15.0. The summed E-state index contributed by atoms with van der Waals surface area (Å²) in [6.07, 6.45) is 3.48. The van der Waals surface area contributed by atoms with Crippen LogP contribution in [0.1, 0.15) is 15.9 Å². The highest BCUT2D eigenvalue weighted by Gasteiger charge is 2.26. The van der Waals surface area contributed by atoms with Gasteiger partial charge >= 0.3 is 0 Å². The van der Waals surface area contributed by atoms with Crippen LogP contribution in [0.4, 0.5) is 0 Å². The standard InChI is InChI=1S/C15H10INO3S/c1-20-12-5-8(10(16)7-11(12)18)6-13-14(19)9-3-2-4-17-15(9)21-13/h2-7,18H,1H3/b13-6-. The summed E-state index contributed by atoms with van der Waals surface area (Å²) in [5, 5.41) is 10.5. The third-order valence-electron chi connectivity index (χ3n) is 3.03. The van der Waals surface area contributed by atoms with Crippen LogP contribution in [0.25, 0.3) is 6.08 Å². The van der Waals surface area contributed by atoms with Crippen molar-refractivity contribution in [2.24, 2.45) is 0 Å². The van der Waals surface area contributed by atoms with Gasteiger partial charge in [-0.1, -0.05) is 11.8 Å². The lowest BCUT2D eigenvalue weighted by atomic mass is 10.1. The molecule has 3 rings (SSSR count). The minimum atomic E-state index is -0.0223. The van der Waals surface area contributed by atoms with Crippen molar-refractivity contribution in [1.82, 2.24) is 4.98 Å². The highest BCUT2D eigenvalue weighted by atomic mass is 127. The number of fused-ring (bicyclic) bond motifs is 1. The van der Waals surface area contributed by atoms with Crippen molar-refractivity contribution in [3.63, 3.8) is 0 Å². The van der Waals surface area contributed by atoms with Gasteiger partial charge in [0.15, 0.2) is 11.5 Å². The number of benzene rings is 1. The lowest BCUT2D eigenvalue weighted by Crippen LogP contribution is -1.95. The average molecular weight is 411 g/mol. The van der Waals surface area contributed by atoms with Gasteiger partial charge in [-0.3, -0.25) is 4.79 Å². The number of aromatic nitrogens is 1. The number of allylic oxidation sites excluding steroid dienone is 1. The second-order valence-electron chi connectivity index (χ2n) is 4.34. The van der Waals surface area contributed by atoms with E-state index in [4.69, 9.17) is 4.74 Å². The van der Waals surface area contributed by atoms with Crippen molar-refractivity contribution in [2.75, 3.05) is 7.11 Å². The van der Waals surface area contributed by atoms with E-state index >= 15 is 0 Å². The van der Waals surface area contributed by atoms with E-state index in [2.05, 4.69) is 27.6 Å². The fraction of sp³-hybridized carbons (Fsp3) is 0.0667. The highest BCUT2D eigenvalue weighted by Crippen LogP contribution is 2.40. The van der Waals surface area contributed by atoms with Gasteiger partial charge in [-0.25, -0.2) is 4.98 Å². The highest BCUT2D eigenvalue weighted by molar-refractivity contribution is 14.1. The van der Waals surface area contributed by atoms with Gasteiger partial charge in [-0.2, -0.15) is 0 Å². The molecule has 0 atom stereocenters. The molecule has 21 heavy (non-hydrogen) atoms. The zero-order valence-corrected chi connectivity index (χ0v) is 13.9. The minimum Gasteiger partial charge on any atom is -0.504 e. The molecule has 2 aromatic rings. The largest absolute Gasteiger partial charge is 0.504 e. The van der Waals surface area contributed by atoms with Crippen LogP contribution in [-0.4, -0.2) is 23.0 Å². The van der Waals surface area contributed by atoms with E-state index in [0.29, 0.717) is 16.2 Å². The van der Waals surface area contributed by atoms with Crippen molar-refractivity contribution in [1.29, 1.82) is 0 Å². The Morgan fingerprint density at radius 1 is 1.43 bits per heavy atom. The topological polar surface area (TPSA) is 59.4 Å². The number of phenolic OH excluding ortho intramolecular Hbond substituents is 1. The van der Waals surface area contributed by atoms with E-state index in [-0.39, 0.29) is 11.5 Å². The number of hydrogen-bond acceptors (Lipinski definition) is 5. The van der Waals surface area contributed by atoms with Crippen LogP contribution in [0.2, 0.25) is 0 Å². The molecule has 0 fully saturated rings. The molecule has 1 aromatic heterocycles. The number of thioether (sulfide) groups is 1. The van der Waals surface area contributed by atoms with Gasteiger partial charge in [0.1, 0.15) is 5.03 Å². The lowest BCUT2D eigenvalue weighted by molar-refractivity contribution is 0.104. The number of phenols is 1. The maximum atomic E-state index is 12.3. The molecule has 1 aliphatic rings. The Kier molecular flexibility index (Phi) is 3.90. The number of carbonyl (C=O) groups excluding carboxylic acids is 1. The van der Waals surface area contributed by atoms with E-state index in [1.165, 1.54) is 18.9 Å². The molecule has 4 nitrogen and oxygen atoms in total. The molecule has 0 aliphatic carbocycles. The number of nitrogens with zero attached hydrogens (tertiary/aromatic N) is 1. The molecular formula is C15H10INO3S. The summed E-state index contributed by atoms with van der Waals surface area (Å²) in [6, 6.07) is 6.87. The average Bonchev–Trinajstić information content (AvgIpc) is 2.79. The van der Waals surface area contributed by atoms with Gasteiger partial charge in [-0.15, -0.1) is 0 Å². The van der Waals surface area contributed by atoms with E-state index in [0.717, 1.165) is 14.2 Å². The number of pyridine rings is 1. The predicted molar refractivity (Wildman–Crippen MR) is 89.8 cm³/mol. The Balaban J connectivity index is 2.03. The van der Waals surface area contributed by atoms with E-state index in [1.807, 2.05) is 0 Å². The van der Waals surface area contributed by atoms with Crippen LogP contribution >= 0.6 is 34.4 Å². The molecule has 106 valence electrons. The van der Waals surface area contributed by atoms with Crippen LogP contribution in [0.3, 0.4) is 0 Å². The Hall–Kier alpha value is -1.54. The maximum Gasteiger partial charge on any atom is 0.202 e. The van der Waals surface area contributed by atoms with Gasteiger partial charge < -0.3 is 9.84 Å². The molecular weight excluding hydrogens is 401 g/mol. The molecule has 0 spiro atoms. The Morgan fingerprint density at radius 2 is 2.24 bits per heavy atom. The van der Waals surface area contributed by atoms with Crippen molar-refractivity contribution < 1.29 is 14.6 Å². The van der Waals surface area contributed by atoms with Gasteiger partial charge in [-0.05, 0) is 58.5 Å². The second-order valence-corrected chi connectivity index (χ2v) is 6.53. The number of rotatable bonds is 2. The molecule has 0 saturated carbocycles. The van der Waals surface area contributed by atoms with Crippen LogP contribution in [0.5, 0.6) is 11.5 Å². The Labute approximate surface area is 139 Å². The third kappa shape index (κ3) is 2.65. The number of hydrogen-bond donors (Lipinski definition) is 1. The van der Waals surface area contributed by atoms with Crippen LogP contribution in [0, 0.1) is 3.57 Å². The summed E-state index contributed by atoms with van der Waals surface area (Å²) in [4.78, 5) is 17.1. The second kappa shape index (κ2) is 5.69. The van der Waals surface area contributed by atoms with Crippen molar-refractivity contribution in [3.8, 4) is 11.5 Å². The van der Waals surface area contributed by atoms with Crippen molar-refractivity contribution >= 4 is 46.2 Å². The monoisotopic (exact) mass is 411 g/mol. The molecule has 1 aliphatic heterocycles. The van der Waals surface area contributed by atoms with Crippen LogP contribution in [0.15, 0.2) is 40.4 Å². The molecule has 1 N–H and O–H groups in total. The summed E-state index contributed by atoms with van der Waals surface area (Å²) >= 11 is 3.48. The molecule has 0 unspecified atom stereocenters. The number of Topliss-reactive ketones (excluding diaryl/α,β-unsaturated/α-hetero) is 1.